The number of hydrogen-bond acceptors (Lipinski definition) is 3. The Balaban J connectivity index is 3.14. The van der Waals surface area contributed by atoms with E-state index in [2.05, 4.69) is 31.2 Å². The summed E-state index contributed by atoms with van der Waals surface area (Å²) in [6, 6.07) is 0. The predicted octanol–water partition coefficient (Wildman–Crippen LogP) is 3.42. The van der Waals surface area contributed by atoms with Crippen molar-refractivity contribution in [2.24, 2.45) is 0 Å². The van der Waals surface area contributed by atoms with Crippen molar-refractivity contribution < 1.29 is 5.11 Å². The van der Waals surface area contributed by atoms with Gasteiger partial charge in [0.05, 0.1) is 6.10 Å². The minimum Gasteiger partial charge on any atom is -0.392 e. The molecule has 0 aliphatic heterocycles. The molecule has 0 heterocycles. The third-order valence-electron chi connectivity index (χ3n) is 3.73. The second-order valence-corrected chi connectivity index (χ2v) is 6.28. The normalized spacial score (nSPS) is 13.1. The first kappa shape index (κ1) is 19.9. The smallest absolute Gasteiger partial charge is 0.0664 e. The highest BCUT2D eigenvalue weighted by molar-refractivity contribution is 4.60. The first-order chi connectivity index (χ1) is 9.66. The molecule has 0 aromatic carbocycles. The summed E-state index contributed by atoms with van der Waals surface area (Å²) in [4.78, 5) is 2.19. The van der Waals surface area contributed by atoms with Crippen LogP contribution in [0.2, 0.25) is 0 Å². The van der Waals surface area contributed by atoms with E-state index in [1.807, 2.05) is 0 Å². The fourth-order valence-electron chi connectivity index (χ4n) is 2.40. The van der Waals surface area contributed by atoms with E-state index < -0.39 is 0 Å². The summed E-state index contributed by atoms with van der Waals surface area (Å²) in [5.74, 6) is 0. The third-order valence-corrected chi connectivity index (χ3v) is 3.73. The molecule has 0 aliphatic carbocycles. The Morgan fingerprint density at radius 1 is 0.900 bits per heavy atom. The average molecular weight is 287 g/mol. The zero-order valence-corrected chi connectivity index (χ0v) is 14.2. The molecule has 3 nitrogen and oxygen atoms in total. The molecule has 0 fully saturated rings. The van der Waals surface area contributed by atoms with E-state index in [1.54, 1.807) is 0 Å². The largest absolute Gasteiger partial charge is 0.392 e. The van der Waals surface area contributed by atoms with E-state index in [4.69, 9.17) is 0 Å². The summed E-state index contributed by atoms with van der Waals surface area (Å²) in [6.07, 6.45) is 12.6. The highest BCUT2D eigenvalue weighted by atomic mass is 16.3. The lowest BCUT2D eigenvalue weighted by Gasteiger charge is -2.13. The van der Waals surface area contributed by atoms with Crippen molar-refractivity contribution in [3.05, 3.63) is 0 Å². The molecular formula is C17H38N2O. The Bertz CT molecular complexity index is 186. The van der Waals surface area contributed by atoms with Crippen LogP contribution in [0.25, 0.3) is 0 Å². The van der Waals surface area contributed by atoms with E-state index >= 15 is 0 Å². The van der Waals surface area contributed by atoms with Gasteiger partial charge in [-0.15, -0.1) is 0 Å². The molecule has 0 aromatic rings. The number of aliphatic hydroxyl groups excluding tert-OH is 1. The molecule has 0 aromatic heterocycles. The Hall–Kier alpha value is -0.120. The van der Waals surface area contributed by atoms with E-state index in [1.165, 1.54) is 51.4 Å². The molecule has 1 atom stereocenters. The van der Waals surface area contributed by atoms with Crippen LogP contribution in [0.5, 0.6) is 0 Å². The first-order valence-electron chi connectivity index (χ1n) is 8.70. The zero-order valence-electron chi connectivity index (χ0n) is 14.2. The monoisotopic (exact) mass is 286 g/mol. The summed E-state index contributed by atoms with van der Waals surface area (Å²) >= 11 is 0. The number of aliphatic hydroxyl groups is 1. The Morgan fingerprint density at radius 2 is 1.50 bits per heavy atom. The van der Waals surface area contributed by atoms with Gasteiger partial charge in [0.1, 0.15) is 0 Å². The quantitative estimate of drug-likeness (QED) is 0.453. The van der Waals surface area contributed by atoms with Crippen LogP contribution in [-0.4, -0.2) is 49.8 Å². The Labute approximate surface area is 127 Å². The predicted molar refractivity (Wildman–Crippen MR) is 89.3 cm³/mol. The van der Waals surface area contributed by atoms with Gasteiger partial charge in [-0.3, -0.25) is 0 Å². The number of rotatable bonds is 15. The number of unbranched alkanes of at least 4 members (excludes halogenated alkanes) is 7. The Kier molecular flexibility index (Phi) is 15.2. The molecular weight excluding hydrogens is 248 g/mol. The Morgan fingerprint density at radius 3 is 2.10 bits per heavy atom. The van der Waals surface area contributed by atoms with Gasteiger partial charge in [-0.1, -0.05) is 58.3 Å². The third kappa shape index (κ3) is 15.9. The second kappa shape index (κ2) is 15.3. The zero-order chi connectivity index (χ0) is 15.1. The fourth-order valence-corrected chi connectivity index (χ4v) is 2.40. The lowest BCUT2D eigenvalue weighted by Crippen LogP contribution is -2.29. The van der Waals surface area contributed by atoms with Crippen LogP contribution in [0.1, 0.15) is 71.1 Å². The molecule has 0 spiro atoms. The number of nitrogens with one attached hydrogen (secondary N) is 1. The van der Waals surface area contributed by atoms with Gasteiger partial charge < -0.3 is 15.3 Å². The maximum absolute atomic E-state index is 9.86. The average Bonchev–Trinajstić information content (AvgIpc) is 2.41. The topological polar surface area (TPSA) is 35.5 Å². The summed E-state index contributed by atoms with van der Waals surface area (Å²) in [5, 5.41) is 13.2. The molecule has 1 unspecified atom stereocenters. The molecule has 0 saturated heterocycles. The molecule has 3 heteroatoms. The van der Waals surface area contributed by atoms with Gasteiger partial charge in [0.15, 0.2) is 0 Å². The standard InChI is InChI=1S/C17H38N2O/c1-4-5-6-7-8-9-10-11-13-17(20)16-18-14-12-15-19(2)3/h17-18,20H,4-16H2,1-3H3. The second-order valence-electron chi connectivity index (χ2n) is 6.28. The highest BCUT2D eigenvalue weighted by Crippen LogP contribution is 2.10. The molecule has 20 heavy (non-hydrogen) atoms. The molecule has 0 amide bonds. The van der Waals surface area contributed by atoms with Crippen LogP contribution in [0, 0.1) is 0 Å². The molecule has 0 rings (SSSR count). The van der Waals surface area contributed by atoms with Crippen molar-refractivity contribution in [2.45, 2.75) is 77.2 Å². The molecule has 0 radical (unpaired) electrons. The summed E-state index contributed by atoms with van der Waals surface area (Å²) in [5.41, 5.74) is 0. The minimum atomic E-state index is -0.158. The first-order valence-corrected chi connectivity index (χ1v) is 8.70. The van der Waals surface area contributed by atoms with Crippen molar-refractivity contribution in [2.75, 3.05) is 33.7 Å². The van der Waals surface area contributed by atoms with E-state index in [0.717, 1.165) is 32.5 Å². The van der Waals surface area contributed by atoms with Gasteiger partial charge in [0.25, 0.3) is 0 Å². The summed E-state index contributed by atoms with van der Waals surface area (Å²) in [7, 11) is 4.19. The van der Waals surface area contributed by atoms with Crippen LogP contribution in [0.4, 0.5) is 0 Å². The minimum absolute atomic E-state index is 0.158. The van der Waals surface area contributed by atoms with Crippen molar-refractivity contribution in [1.82, 2.24) is 10.2 Å². The molecule has 0 saturated carbocycles. The van der Waals surface area contributed by atoms with Crippen molar-refractivity contribution in [3.8, 4) is 0 Å². The van der Waals surface area contributed by atoms with Crippen LogP contribution < -0.4 is 5.32 Å². The fraction of sp³-hybridized carbons (Fsp3) is 1.00. The lowest BCUT2D eigenvalue weighted by atomic mass is 10.1. The van der Waals surface area contributed by atoms with Crippen molar-refractivity contribution in [1.29, 1.82) is 0 Å². The van der Waals surface area contributed by atoms with E-state index in [9.17, 15) is 5.11 Å². The van der Waals surface area contributed by atoms with Crippen molar-refractivity contribution in [3.63, 3.8) is 0 Å². The van der Waals surface area contributed by atoms with Crippen LogP contribution in [0.15, 0.2) is 0 Å². The molecule has 122 valence electrons. The number of nitrogens with zero attached hydrogens (tertiary/aromatic N) is 1. The van der Waals surface area contributed by atoms with Gasteiger partial charge in [-0.05, 0) is 40.0 Å². The van der Waals surface area contributed by atoms with Crippen molar-refractivity contribution >= 4 is 0 Å². The molecule has 2 N–H and O–H groups in total. The SMILES string of the molecule is CCCCCCCCCCC(O)CNCCCN(C)C. The van der Waals surface area contributed by atoms with Gasteiger partial charge in [0.2, 0.25) is 0 Å². The van der Waals surface area contributed by atoms with E-state index in [0.29, 0.717) is 0 Å². The molecule has 0 bridgehead atoms. The van der Waals surface area contributed by atoms with Gasteiger partial charge >= 0.3 is 0 Å². The number of hydrogen-bond donors (Lipinski definition) is 2. The van der Waals surface area contributed by atoms with Gasteiger partial charge in [0, 0.05) is 6.54 Å². The van der Waals surface area contributed by atoms with Crippen LogP contribution >= 0.6 is 0 Å². The maximum Gasteiger partial charge on any atom is 0.0664 e. The molecule has 0 aliphatic rings. The van der Waals surface area contributed by atoms with Crippen LogP contribution in [0.3, 0.4) is 0 Å². The summed E-state index contributed by atoms with van der Waals surface area (Å²) < 4.78 is 0. The van der Waals surface area contributed by atoms with Gasteiger partial charge in [-0.25, -0.2) is 0 Å². The maximum atomic E-state index is 9.86. The highest BCUT2D eigenvalue weighted by Gasteiger charge is 2.03. The van der Waals surface area contributed by atoms with Gasteiger partial charge in [-0.2, -0.15) is 0 Å². The lowest BCUT2D eigenvalue weighted by molar-refractivity contribution is 0.157. The van der Waals surface area contributed by atoms with Crippen LogP contribution in [-0.2, 0) is 0 Å². The summed E-state index contributed by atoms with van der Waals surface area (Å²) in [6.45, 7) is 5.13. The van der Waals surface area contributed by atoms with E-state index in [-0.39, 0.29) is 6.10 Å².